The van der Waals surface area contributed by atoms with Crippen LogP contribution in [0.2, 0.25) is 15.2 Å². The summed E-state index contributed by atoms with van der Waals surface area (Å²) in [7, 11) is 0. The molecule has 4 rings (SSSR count). The van der Waals surface area contributed by atoms with Gasteiger partial charge in [-0.15, -0.1) is 0 Å². The smallest absolute Gasteiger partial charge is 0.326 e. The van der Waals surface area contributed by atoms with Crippen molar-refractivity contribution in [2.24, 2.45) is 0 Å². The molecule has 1 aliphatic rings. The van der Waals surface area contributed by atoms with Gasteiger partial charge < -0.3 is 20.6 Å². The average Bonchev–Trinajstić information content (AvgIpc) is 3.34. The number of halogens is 3. The number of nitrogens with one attached hydrogen (secondary N) is 2. The van der Waals surface area contributed by atoms with Crippen molar-refractivity contribution < 1.29 is 14.7 Å². The third-order valence-corrected chi connectivity index (χ3v) is 6.21. The standard InChI is InChI=1S/C23H21Cl3N6O3/c24-15-11-27-12-16(25)20(15)21(33)28-14-5-3-13(4-6-14)9-17(22(34)35)29-23-30-18(26)10-19(31-23)32-7-1-2-8-32/h3-6,10-12,17H,1-2,7-9H2,(H,28,33)(H,34,35)(H,29,30,31). The number of nitrogens with zero attached hydrogens (tertiary/aromatic N) is 4. The fraction of sp³-hybridized carbons (Fsp3) is 0.261. The number of aliphatic carboxylic acids is 1. The number of carbonyl (C=O) groups excluding carboxylic acids is 1. The van der Waals surface area contributed by atoms with E-state index in [-0.39, 0.29) is 33.1 Å². The maximum atomic E-state index is 12.5. The van der Waals surface area contributed by atoms with E-state index in [1.54, 1.807) is 30.3 Å². The van der Waals surface area contributed by atoms with Crippen molar-refractivity contribution in [3.8, 4) is 0 Å². The fourth-order valence-corrected chi connectivity index (χ4v) is 4.43. The van der Waals surface area contributed by atoms with Crippen molar-refractivity contribution in [2.45, 2.75) is 25.3 Å². The van der Waals surface area contributed by atoms with Crippen LogP contribution < -0.4 is 15.5 Å². The molecule has 0 radical (unpaired) electrons. The van der Waals surface area contributed by atoms with E-state index < -0.39 is 17.9 Å². The molecule has 0 spiro atoms. The minimum absolute atomic E-state index is 0.123. The Morgan fingerprint density at radius 3 is 2.31 bits per heavy atom. The molecule has 0 saturated carbocycles. The Hall–Kier alpha value is -3.14. The van der Waals surface area contributed by atoms with Gasteiger partial charge in [0.15, 0.2) is 0 Å². The summed E-state index contributed by atoms with van der Waals surface area (Å²) in [5, 5.41) is 15.9. The molecule has 0 aliphatic carbocycles. The summed E-state index contributed by atoms with van der Waals surface area (Å²) in [6, 6.07) is 7.45. The van der Waals surface area contributed by atoms with Gasteiger partial charge in [0.25, 0.3) is 5.91 Å². The highest BCUT2D eigenvalue weighted by Crippen LogP contribution is 2.25. The molecule has 2 aromatic heterocycles. The molecule has 0 bridgehead atoms. The van der Waals surface area contributed by atoms with Gasteiger partial charge in [-0.3, -0.25) is 9.78 Å². The zero-order valence-electron chi connectivity index (χ0n) is 18.3. The topological polar surface area (TPSA) is 120 Å². The first-order valence-electron chi connectivity index (χ1n) is 10.8. The lowest BCUT2D eigenvalue weighted by molar-refractivity contribution is -0.137. The summed E-state index contributed by atoms with van der Waals surface area (Å²) in [4.78, 5) is 39.0. The Balaban J connectivity index is 1.44. The lowest BCUT2D eigenvalue weighted by atomic mass is 10.1. The van der Waals surface area contributed by atoms with Gasteiger partial charge in [-0.25, -0.2) is 9.78 Å². The summed E-state index contributed by atoms with van der Waals surface area (Å²) >= 11 is 18.2. The van der Waals surface area contributed by atoms with Crippen LogP contribution in [0, 0.1) is 0 Å². The molecule has 1 fully saturated rings. The molecular formula is C23H21Cl3N6O3. The van der Waals surface area contributed by atoms with E-state index in [4.69, 9.17) is 34.8 Å². The number of anilines is 3. The van der Waals surface area contributed by atoms with Gasteiger partial charge in [0.05, 0.1) is 15.6 Å². The number of hydrogen-bond acceptors (Lipinski definition) is 7. The normalized spacial score (nSPS) is 14.0. The number of benzene rings is 1. The van der Waals surface area contributed by atoms with Crippen LogP contribution in [0.3, 0.4) is 0 Å². The molecule has 1 aromatic carbocycles. The molecule has 12 heteroatoms. The van der Waals surface area contributed by atoms with E-state index in [0.717, 1.165) is 31.5 Å². The van der Waals surface area contributed by atoms with Crippen LogP contribution in [0.15, 0.2) is 42.7 Å². The molecule has 1 amide bonds. The average molecular weight is 536 g/mol. The molecule has 182 valence electrons. The molecule has 3 heterocycles. The van der Waals surface area contributed by atoms with Gasteiger partial charge in [-0.1, -0.05) is 46.9 Å². The van der Waals surface area contributed by atoms with Crippen LogP contribution in [0.5, 0.6) is 0 Å². The van der Waals surface area contributed by atoms with Gasteiger partial charge in [0.2, 0.25) is 5.95 Å². The summed E-state index contributed by atoms with van der Waals surface area (Å²) in [6.45, 7) is 1.75. The fourth-order valence-electron chi connectivity index (χ4n) is 3.72. The van der Waals surface area contributed by atoms with Gasteiger partial charge in [0.1, 0.15) is 17.0 Å². The predicted molar refractivity (Wildman–Crippen MR) is 136 cm³/mol. The predicted octanol–water partition coefficient (Wildman–Crippen LogP) is 4.79. The van der Waals surface area contributed by atoms with Crippen LogP contribution in [-0.4, -0.2) is 51.1 Å². The highest BCUT2D eigenvalue weighted by atomic mass is 35.5. The SMILES string of the molecule is O=C(Nc1ccc(CC(Nc2nc(Cl)cc(N3CCCC3)n2)C(=O)O)cc1)c1c(Cl)cncc1Cl. The number of rotatable bonds is 8. The van der Waals surface area contributed by atoms with Crippen LogP contribution in [0.25, 0.3) is 0 Å². The maximum Gasteiger partial charge on any atom is 0.326 e. The van der Waals surface area contributed by atoms with E-state index in [2.05, 4.69) is 30.5 Å². The van der Waals surface area contributed by atoms with Crippen molar-refractivity contribution in [3.63, 3.8) is 0 Å². The molecule has 1 unspecified atom stereocenters. The van der Waals surface area contributed by atoms with Crippen LogP contribution in [0.1, 0.15) is 28.8 Å². The number of amides is 1. The van der Waals surface area contributed by atoms with E-state index in [0.29, 0.717) is 11.5 Å². The Labute approximate surface area is 216 Å². The van der Waals surface area contributed by atoms with Crippen molar-refractivity contribution >= 4 is 64.1 Å². The van der Waals surface area contributed by atoms with Crippen molar-refractivity contribution in [1.82, 2.24) is 15.0 Å². The molecule has 1 atom stereocenters. The molecule has 3 aromatic rings. The monoisotopic (exact) mass is 534 g/mol. The van der Waals surface area contributed by atoms with Crippen molar-refractivity contribution in [2.75, 3.05) is 28.6 Å². The maximum absolute atomic E-state index is 12.5. The van der Waals surface area contributed by atoms with Crippen LogP contribution in [0.4, 0.5) is 17.5 Å². The Kier molecular flexibility index (Phi) is 7.90. The lowest BCUT2D eigenvalue weighted by Crippen LogP contribution is -2.32. The highest BCUT2D eigenvalue weighted by molar-refractivity contribution is 6.40. The van der Waals surface area contributed by atoms with Gasteiger partial charge >= 0.3 is 5.97 Å². The first kappa shape index (κ1) is 25.0. The zero-order chi connectivity index (χ0) is 24.9. The number of carbonyl (C=O) groups is 2. The second-order valence-corrected chi connectivity index (χ2v) is 9.14. The molecular weight excluding hydrogens is 515 g/mol. The Morgan fingerprint density at radius 1 is 1.03 bits per heavy atom. The molecule has 3 N–H and O–H groups in total. The first-order chi connectivity index (χ1) is 16.8. The van der Waals surface area contributed by atoms with Gasteiger partial charge in [-0.05, 0) is 30.5 Å². The quantitative estimate of drug-likeness (QED) is 0.352. The number of aromatic nitrogens is 3. The van der Waals surface area contributed by atoms with Crippen LogP contribution in [-0.2, 0) is 11.2 Å². The number of hydrogen-bond donors (Lipinski definition) is 3. The molecule has 35 heavy (non-hydrogen) atoms. The largest absolute Gasteiger partial charge is 0.480 e. The summed E-state index contributed by atoms with van der Waals surface area (Å²) in [5.41, 5.74) is 1.35. The van der Waals surface area contributed by atoms with Crippen molar-refractivity contribution in [3.05, 3.63) is 69.1 Å². The summed E-state index contributed by atoms with van der Waals surface area (Å²) < 4.78 is 0. The third-order valence-electron chi connectivity index (χ3n) is 5.44. The van der Waals surface area contributed by atoms with Gasteiger partial charge in [-0.2, -0.15) is 4.98 Å². The minimum atomic E-state index is -1.06. The third kappa shape index (κ3) is 6.30. The summed E-state index contributed by atoms with van der Waals surface area (Å²) in [6.07, 6.45) is 4.97. The lowest BCUT2D eigenvalue weighted by Gasteiger charge is -2.19. The van der Waals surface area contributed by atoms with Crippen molar-refractivity contribution in [1.29, 1.82) is 0 Å². The second-order valence-electron chi connectivity index (χ2n) is 7.94. The molecule has 9 nitrogen and oxygen atoms in total. The molecule has 1 saturated heterocycles. The van der Waals surface area contributed by atoms with E-state index in [1.165, 1.54) is 12.4 Å². The number of carboxylic acid groups (broad SMARTS) is 1. The second kappa shape index (κ2) is 11.1. The minimum Gasteiger partial charge on any atom is -0.480 e. The Bertz CT molecular complexity index is 1220. The Morgan fingerprint density at radius 2 is 1.69 bits per heavy atom. The number of carboxylic acids is 1. The van der Waals surface area contributed by atoms with E-state index in [1.807, 2.05) is 0 Å². The summed E-state index contributed by atoms with van der Waals surface area (Å²) in [5.74, 6) is -0.715. The zero-order valence-corrected chi connectivity index (χ0v) is 20.6. The van der Waals surface area contributed by atoms with Gasteiger partial charge in [0, 0.05) is 43.7 Å². The number of pyridine rings is 1. The van der Waals surface area contributed by atoms with E-state index >= 15 is 0 Å². The van der Waals surface area contributed by atoms with Crippen LogP contribution >= 0.6 is 34.8 Å². The van der Waals surface area contributed by atoms with E-state index in [9.17, 15) is 14.7 Å². The first-order valence-corrected chi connectivity index (χ1v) is 11.9. The molecule has 1 aliphatic heterocycles. The highest BCUT2D eigenvalue weighted by Gasteiger charge is 2.22.